The second-order valence-corrected chi connectivity index (χ2v) is 5.81. The van der Waals surface area contributed by atoms with E-state index in [1.54, 1.807) is 19.1 Å². The molecule has 6 heteroatoms. The van der Waals surface area contributed by atoms with Gasteiger partial charge in [-0.1, -0.05) is 18.2 Å². The molecular weight excluding hydrogens is 320 g/mol. The Labute approximate surface area is 144 Å². The van der Waals surface area contributed by atoms with Crippen LogP contribution in [0.25, 0.3) is 10.9 Å². The number of carbonyl (C=O) groups excluding carboxylic acids is 1. The number of ether oxygens (including phenoxy) is 3. The number of aromatic amines is 1. The van der Waals surface area contributed by atoms with Gasteiger partial charge in [0, 0.05) is 28.9 Å². The average Bonchev–Trinajstić information content (AvgIpc) is 3.22. The van der Waals surface area contributed by atoms with Crippen LogP contribution in [0.1, 0.15) is 24.0 Å². The third-order valence-electron chi connectivity index (χ3n) is 4.34. The predicted molar refractivity (Wildman–Crippen MR) is 93.8 cm³/mol. The molecule has 0 fully saturated rings. The van der Waals surface area contributed by atoms with Gasteiger partial charge in [-0.3, -0.25) is 4.79 Å². The SMILES string of the molecule is CCOC(=O)C(c1cc2c(cc1N)OCO2)c1c[nH]c2ccccc12. The van der Waals surface area contributed by atoms with Gasteiger partial charge in [0.15, 0.2) is 11.5 Å². The summed E-state index contributed by atoms with van der Waals surface area (Å²) in [6.07, 6.45) is 1.83. The number of nitrogen functional groups attached to an aromatic ring is 1. The fraction of sp³-hybridized carbons (Fsp3) is 0.211. The lowest BCUT2D eigenvalue weighted by molar-refractivity contribution is -0.143. The molecule has 0 bridgehead atoms. The van der Waals surface area contributed by atoms with E-state index in [0.717, 1.165) is 16.5 Å². The number of rotatable bonds is 4. The molecule has 3 aromatic rings. The van der Waals surface area contributed by atoms with Gasteiger partial charge in [-0.25, -0.2) is 0 Å². The highest BCUT2D eigenvalue weighted by atomic mass is 16.7. The Morgan fingerprint density at radius 1 is 1.24 bits per heavy atom. The van der Waals surface area contributed by atoms with Crippen molar-refractivity contribution in [3.05, 3.63) is 53.7 Å². The lowest BCUT2D eigenvalue weighted by Gasteiger charge is -2.18. The van der Waals surface area contributed by atoms with Crippen LogP contribution in [0.15, 0.2) is 42.6 Å². The van der Waals surface area contributed by atoms with Crippen molar-refractivity contribution in [3.63, 3.8) is 0 Å². The predicted octanol–water partition coefficient (Wildman–Crippen LogP) is 3.17. The van der Waals surface area contributed by atoms with Crippen molar-refractivity contribution in [1.29, 1.82) is 0 Å². The quantitative estimate of drug-likeness (QED) is 0.564. The summed E-state index contributed by atoms with van der Waals surface area (Å²) >= 11 is 0. The smallest absolute Gasteiger partial charge is 0.318 e. The van der Waals surface area contributed by atoms with Gasteiger partial charge in [0.25, 0.3) is 0 Å². The standard InChI is InChI=1S/C19H18N2O4/c1-2-23-19(22)18(13-9-21-15-6-4-3-5-11(13)15)12-7-16-17(8-14(12)20)25-10-24-16/h3-9,18,21H,2,10,20H2,1H3. The third kappa shape index (κ3) is 2.55. The van der Waals surface area contributed by atoms with Crippen LogP contribution < -0.4 is 15.2 Å². The van der Waals surface area contributed by atoms with E-state index >= 15 is 0 Å². The van der Waals surface area contributed by atoms with Gasteiger partial charge < -0.3 is 24.9 Å². The van der Waals surface area contributed by atoms with Gasteiger partial charge in [-0.2, -0.15) is 0 Å². The van der Waals surface area contributed by atoms with Gasteiger partial charge >= 0.3 is 5.97 Å². The highest BCUT2D eigenvalue weighted by Gasteiger charge is 2.30. The summed E-state index contributed by atoms with van der Waals surface area (Å²) in [5, 5.41) is 0.956. The molecule has 128 valence electrons. The van der Waals surface area contributed by atoms with Crippen molar-refractivity contribution in [2.75, 3.05) is 19.1 Å². The number of hydrogen-bond acceptors (Lipinski definition) is 5. The number of hydrogen-bond donors (Lipinski definition) is 2. The number of carbonyl (C=O) groups is 1. The molecule has 0 saturated carbocycles. The first-order chi connectivity index (χ1) is 12.2. The van der Waals surface area contributed by atoms with E-state index in [-0.39, 0.29) is 12.8 Å². The zero-order valence-electron chi connectivity index (χ0n) is 13.7. The Morgan fingerprint density at radius 2 is 2.00 bits per heavy atom. The molecule has 1 atom stereocenters. The van der Waals surface area contributed by atoms with Crippen molar-refractivity contribution in [2.24, 2.45) is 0 Å². The van der Waals surface area contributed by atoms with Gasteiger partial charge in [0.1, 0.15) is 5.92 Å². The lowest BCUT2D eigenvalue weighted by Crippen LogP contribution is -2.18. The van der Waals surface area contributed by atoms with Gasteiger partial charge in [0.05, 0.1) is 6.61 Å². The molecule has 0 saturated heterocycles. The largest absolute Gasteiger partial charge is 0.465 e. The van der Waals surface area contributed by atoms with E-state index in [9.17, 15) is 4.79 Å². The van der Waals surface area contributed by atoms with E-state index < -0.39 is 5.92 Å². The van der Waals surface area contributed by atoms with E-state index in [1.807, 2.05) is 30.5 Å². The number of H-pyrrole nitrogens is 1. The van der Waals surface area contributed by atoms with Crippen molar-refractivity contribution < 1.29 is 19.0 Å². The van der Waals surface area contributed by atoms with Crippen LogP contribution in [0.5, 0.6) is 11.5 Å². The number of fused-ring (bicyclic) bond motifs is 2. The summed E-state index contributed by atoms with van der Waals surface area (Å²) in [4.78, 5) is 16.0. The van der Waals surface area contributed by atoms with Crippen LogP contribution in [0.2, 0.25) is 0 Å². The third-order valence-corrected chi connectivity index (χ3v) is 4.34. The van der Waals surface area contributed by atoms with Crippen LogP contribution in [0.3, 0.4) is 0 Å². The molecule has 6 nitrogen and oxygen atoms in total. The zero-order valence-corrected chi connectivity index (χ0v) is 13.7. The normalized spacial score (nSPS) is 13.8. The minimum absolute atomic E-state index is 0.148. The maximum Gasteiger partial charge on any atom is 0.318 e. The molecule has 0 aliphatic carbocycles. The molecular formula is C19H18N2O4. The summed E-state index contributed by atoms with van der Waals surface area (Å²) < 4.78 is 16.1. The van der Waals surface area contributed by atoms with Gasteiger partial charge in [-0.05, 0) is 30.2 Å². The highest BCUT2D eigenvalue weighted by Crippen LogP contribution is 2.42. The topological polar surface area (TPSA) is 86.6 Å². The van der Waals surface area contributed by atoms with Crippen molar-refractivity contribution >= 4 is 22.6 Å². The number of benzene rings is 2. The number of para-hydroxylation sites is 1. The van der Waals surface area contributed by atoms with Crippen LogP contribution >= 0.6 is 0 Å². The molecule has 1 unspecified atom stereocenters. The summed E-state index contributed by atoms with van der Waals surface area (Å²) in [6.45, 7) is 2.23. The number of aromatic nitrogens is 1. The summed E-state index contributed by atoms with van der Waals surface area (Å²) in [6, 6.07) is 11.3. The molecule has 0 spiro atoms. The molecule has 25 heavy (non-hydrogen) atoms. The van der Waals surface area contributed by atoms with Crippen LogP contribution in [-0.2, 0) is 9.53 Å². The molecule has 3 N–H and O–H groups in total. The van der Waals surface area contributed by atoms with E-state index in [0.29, 0.717) is 29.4 Å². The number of nitrogens with one attached hydrogen (secondary N) is 1. The number of anilines is 1. The first-order valence-corrected chi connectivity index (χ1v) is 8.10. The minimum atomic E-state index is -0.648. The van der Waals surface area contributed by atoms with Crippen LogP contribution in [0, 0.1) is 0 Å². The summed E-state index contributed by atoms with van der Waals surface area (Å²) in [5.41, 5.74) is 9.11. The summed E-state index contributed by atoms with van der Waals surface area (Å²) in [5.74, 6) is 0.171. The Morgan fingerprint density at radius 3 is 2.80 bits per heavy atom. The molecule has 2 heterocycles. The second-order valence-electron chi connectivity index (χ2n) is 5.81. The number of nitrogens with two attached hydrogens (primary N) is 1. The van der Waals surface area contributed by atoms with Gasteiger partial charge in [0.2, 0.25) is 6.79 Å². The summed E-state index contributed by atoms with van der Waals surface area (Å²) in [7, 11) is 0. The first kappa shape index (κ1) is 15.4. The Bertz CT molecular complexity index is 948. The maximum atomic E-state index is 12.8. The van der Waals surface area contributed by atoms with E-state index in [1.165, 1.54) is 0 Å². The minimum Gasteiger partial charge on any atom is -0.465 e. The average molecular weight is 338 g/mol. The molecule has 2 aromatic carbocycles. The maximum absolute atomic E-state index is 12.8. The highest BCUT2D eigenvalue weighted by molar-refractivity contribution is 5.93. The fourth-order valence-electron chi connectivity index (χ4n) is 3.20. The van der Waals surface area contributed by atoms with E-state index in [2.05, 4.69) is 4.98 Å². The Balaban J connectivity index is 1.89. The molecule has 0 amide bonds. The van der Waals surface area contributed by atoms with Crippen LogP contribution in [-0.4, -0.2) is 24.4 Å². The van der Waals surface area contributed by atoms with Gasteiger partial charge in [-0.15, -0.1) is 0 Å². The molecule has 1 aliphatic heterocycles. The second kappa shape index (κ2) is 6.05. The molecule has 1 aromatic heterocycles. The lowest BCUT2D eigenvalue weighted by atomic mass is 9.89. The first-order valence-electron chi connectivity index (χ1n) is 8.10. The Kier molecular flexibility index (Phi) is 3.72. The fourth-order valence-corrected chi connectivity index (χ4v) is 3.20. The van der Waals surface area contributed by atoms with Crippen molar-refractivity contribution in [1.82, 2.24) is 4.98 Å². The zero-order chi connectivity index (χ0) is 17.4. The van der Waals surface area contributed by atoms with E-state index in [4.69, 9.17) is 19.9 Å². The van der Waals surface area contributed by atoms with Crippen LogP contribution in [0.4, 0.5) is 5.69 Å². The molecule has 1 aliphatic rings. The monoisotopic (exact) mass is 338 g/mol. The molecule has 0 radical (unpaired) electrons. The Hall–Kier alpha value is -3.15. The van der Waals surface area contributed by atoms with Crippen molar-refractivity contribution in [2.45, 2.75) is 12.8 Å². The number of esters is 1. The van der Waals surface area contributed by atoms with Crippen molar-refractivity contribution in [3.8, 4) is 11.5 Å². The molecule has 4 rings (SSSR count).